The minimum absolute atomic E-state index is 0.0476. The van der Waals surface area contributed by atoms with E-state index in [2.05, 4.69) is 4.98 Å². The maximum atomic E-state index is 11.8. The summed E-state index contributed by atoms with van der Waals surface area (Å²) in [6.07, 6.45) is -0.540. The lowest BCUT2D eigenvalue weighted by Crippen LogP contribution is -2.54. The third-order valence-electron chi connectivity index (χ3n) is 3.80. The molecule has 1 saturated heterocycles. The number of aromatic amines is 1. The maximum Gasteiger partial charge on any atom is 0.499 e. The summed E-state index contributed by atoms with van der Waals surface area (Å²) in [6.45, 7) is 3.50. The van der Waals surface area contributed by atoms with Crippen LogP contribution in [0.15, 0.2) is 17.1 Å². The molecule has 0 radical (unpaired) electrons. The molecule has 1 fully saturated rings. The fourth-order valence-corrected chi connectivity index (χ4v) is 2.25. The Morgan fingerprint density at radius 3 is 2.91 bits per heavy atom. The van der Waals surface area contributed by atoms with Crippen molar-refractivity contribution in [2.75, 3.05) is 12.3 Å². The number of aliphatic hydroxyl groups excluding tert-OH is 1. The highest BCUT2D eigenvalue weighted by molar-refractivity contribution is 5.75. The van der Waals surface area contributed by atoms with Gasteiger partial charge >= 0.3 is 11.7 Å². The molecular formula is C14H23N4O5+. The number of hydrogen-bond acceptors (Lipinski definition) is 7. The van der Waals surface area contributed by atoms with E-state index < -0.39 is 36.1 Å². The van der Waals surface area contributed by atoms with E-state index in [-0.39, 0.29) is 24.8 Å². The highest BCUT2D eigenvalue weighted by atomic mass is 16.6. The Morgan fingerprint density at radius 1 is 1.61 bits per heavy atom. The number of nitrogens with one attached hydrogen (secondary N) is 1. The summed E-state index contributed by atoms with van der Waals surface area (Å²) >= 11 is 0. The lowest BCUT2D eigenvalue weighted by atomic mass is 10.1. The van der Waals surface area contributed by atoms with Gasteiger partial charge in [0.15, 0.2) is 5.82 Å². The number of aliphatic hydroxyl groups is 1. The number of nitrogen functional groups attached to an aromatic ring is 1. The number of hydrogen-bond donors (Lipinski definition) is 4. The van der Waals surface area contributed by atoms with Crippen molar-refractivity contribution in [1.82, 2.24) is 4.98 Å². The molecular weight excluding hydrogens is 304 g/mol. The zero-order valence-corrected chi connectivity index (χ0v) is 13.1. The van der Waals surface area contributed by atoms with Gasteiger partial charge in [0.1, 0.15) is 24.9 Å². The van der Waals surface area contributed by atoms with Crippen LogP contribution in [0.25, 0.3) is 0 Å². The number of carbonyl (C=O) groups excluding carboxylic acids is 1. The van der Waals surface area contributed by atoms with E-state index in [1.807, 2.05) is 13.8 Å². The summed E-state index contributed by atoms with van der Waals surface area (Å²) in [6, 6.07) is 0.797. The molecule has 2 unspecified atom stereocenters. The zero-order valence-electron chi connectivity index (χ0n) is 13.1. The van der Waals surface area contributed by atoms with Crippen LogP contribution < -0.4 is 21.7 Å². The first kappa shape index (κ1) is 17.4. The van der Waals surface area contributed by atoms with Gasteiger partial charge in [0.25, 0.3) is 0 Å². The van der Waals surface area contributed by atoms with Gasteiger partial charge in [0.05, 0.1) is 6.10 Å². The molecule has 4 atom stereocenters. The molecule has 2 heterocycles. The average molecular weight is 327 g/mol. The number of ether oxygens (including phenoxy) is 2. The van der Waals surface area contributed by atoms with Gasteiger partial charge in [0.2, 0.25) is 6.23 Å². The number of nitrogens with zero attached hydrogens (tertiary/aromatic N) is 1. The SMILES string of the molecule is CC(C)C(N)C(=O)OC[C@@H]1O[C@H]([n+]2ccc(N)[nH]c2=O)CC1O. The van der Waals surface area contributed by atoms with Gasteiger partial charge in [-0.15, -0.1) is 0 Å². The molecule has 0 aliphatic carbocycles. The molecule has 0 saturated carbocycles. The smallest absolute Gasteiger partial charge is 0.462 e. The average Bonchev–Trinajstić information content (AvgIpc) is 2.84. The van der Waals surface area contributed by atoms with Gasteiger partial charge in [-0.25, -0.2) is 0 Å². The first-order valence-corrected chi connectivity index (χ1v) is 7.45. The van der Waals surface area contributed by atoms with E-state index in [1.54, 1.807) is 0 Å². The fourth-order valence-electron chi connectivity index (χ4n) is 2.25. The minimum atomic E-state index is -0.854. The van der Waals surface area contributed by atoms with Crippen LogP contribution in [0.4, 0.5) is 5.82 Å². The lowest BCUT2D eigenvalue weighted by Gasteiger charge is -2.18. The number of nitrogens with two attached hydrogens (primary N) is 2. The monoisotopic (exact) mass is 327 g/mol. The molecule has 9 heteroatoms. The van der Waals surface area contributed by atoms with Gasteiger partial charge in [-0.2, -0.15) is 14.3 Å². The maximum absolute atomic E-state index is 11.8. The Kier molecular flexibility index (Phi) is 5.34. The second kappa shape index (κ2) is 7.07. The minimum Gasteiger partial charge on any atom is -0.462 e. The fraction of sp³-hybridized carbons (Fsp3) is 0.643. The predicted octanol–water partition coefficient (Wildman–Crippen LogP) is -1.58. The van der Waals surface area contributed by atoms with E-state index >= 15 is 0 Å². The van der Waals surface area contributed by atoms with Crippen molar-refractivity contribution in [3.63, 3.8) is 0 Å². The summed E-state index contributed by atoms with van der Waals surface area (Å²) in [5.74, 6) is -0.358. The Morgan fingerprint density at radius 2 is 2.30 bits per heavy atom. The lowest BCUT2D eigenvalue weighted by molar-refractivity contribution is -0.773. The van der Waals surface area contributed by atoms with Crippen LogP contribution in [0.1, 0.15) is 26.5 Å². The van der Waals surface area contributed by atoms with Gasteiger partial charge in [-0.3, -0.25) is 4.79 Å². The molecule has 1 aliphatic heterocycles. The summed E-state index contributed by atoms with van der Waals surface area (Å²) in [5, 5.41) is 10.0. The molecule has 6 N–H and O–H groups in total. The van der Waals surface area contributed by atoms with Crippen LogP contribution in [-0.2, 0) is 14.3 Å². The number of H-pyrrole nitrogens is 1. The van der Waals surface area contributed by atoms with E-state index in [9.17, 15) is 14.7 Å². The van der Waals surface area contributed by atoms with E-state index in [4.69, 9.17) is 20.9 Å². The number of rotatable bonds is 5. The Bertz CT molecular complexity index is 617. The molecule has 0 spiro atoms. The molecule has 0 bridgehead atoms. The number of aromatic nitrogens is 2. The topological polar surface area (TPSA) is 145 Å². The third kappa shape index (κ3) is 4.06. The zero-order chi connectivity index (χ0) is 17.1. The van der Waals surface area contributed by atoms with Crippen LogP contribution in [0.5, 0.6) is 0 Å². The molecule has 0 amide bonds. The van der Waals surface area contributed by atoms with Crippen molar-refractivity contribution >= 4 is 11.8 Å². The van der Waals surface area contributed by atoms with Crippen molar-refractivity contribution in [2.45, 2.75) is 44.7 Å². The molecule has 1 aliphatic rings. The molecule has 2 rings (SSSR count). The van der Waals surface area contributed by atoms with E-state index in [0.29, 0.717) is 0 Å². The third-order valence-corrected chi connectivity index (χ3v) is 3.80. The standard InChI is InChI=1S/C14H22N4O5/c1-7(2)12(16)13(20)22-6-9-8(19)5-11(23-9)18-4-3-10(15)17-14(18)21/h3-4,7-9,11-12,19H,5-6,16H2,1-2H3,(H2,15,17,21)/p+1/t8?,9-,11-,12?/m0/s1. The second-order valence-electron chi connectivity index (χ2n) is 5.94. The first-order valence-electron chi connectivity index (χ1n) is 7.45. The van der Waals surface area contributed by atoms with Crippen LogP contribution in [-0.4, -0.2) is 40.9 Å². The Balaban J connectivity index is 1.96. The normalized spacial score (nSPS) is 25.5. The predicted molar refractivity (Wildman–Crippen MR) is 80.0 cm³/mol. The van der Waals surface area contributed by atoms with Gasteiger partial charge in [-0.05, 0) is 5.92 Å². The number of esters is 1. The van der Waals surface area contributed by atoms with Crippen molar-refractivity contribution in [2.24, 2.45) is 11.7 Å². The first-order chi connectivity index (χ1) is 10.8. The van der Waals surface area contributed by atoms with Crippen LogP contribution in [0, 0.1) is 5.92 Å². The summed E-state index contributed by atoms with van der Waals surface area (Å²) in [4.78, 5) is 26.0. The van der Waals surface area contributed by atoms with E-state index in [0.717, 1.165) is 0 Å². The molecule has 9 nitrogen and oxygen atoms in total. The largest absolute Gasteiger partial charge is 0.499 e. The van der Waals surface area contributed by atoms with E-state index in [1.165, 1.54) is 16.8 Å². The quantitative estimate of drug-likeness (QED) is 0.377. The molecule has 23 heavy (non-hydrogen) atoms. The second-order valence-corrected chi connectivity index (χ2v) is 5.94. The molecule has 128 valence electrons. The van der Waals surface area contributed by atoms with Crippen LogP contribution >= 0.6 is 0 Å². The van der Waals surface area contributed by atoms with Crippen molar-refractivity contribution in [3.05, 3.63) is 22.7 Å². The summed E-state index contributed by atoms with van der Waals surface area (Å²) in [7, 11) is 0. The summed E-state index contributed by atoms with van der Waals surface area (Å²) in [5.41, 5.74) is 10.7. The highest BCUT2D eigenvalue weighted by Crippen LogP contribution is 2.24. The number of carbonyl (C=O) groups is 1. The Labute approximate surface area is 133 Å². The van der Waals surface area contributed by atoms with Crippen molar-refractivity contribution in [1.29, 1.82) is 0 Å². The van der Waals surface area contributed by atoms with Crippen LogP contribution in [0.2, 0.25) is 0 Å². The number of anilines is 1. The summed E-state index contributed by atoms with van der Waals surface area (Å²) < 4.78 is 12.0. The molecule has 0 aromatic carbocycles. The van der Waals surface area contributed by atoms with Gasteiger partial charge in [0, 0.05) is 12.5 Å². The highest BCUT2D eigenvalue weighted by Gasteiger charge is 2.39. The molecule has 1 aromatic heterocycles. The van der Waals surface area contributed by atoms with Crippen molar-refractivity contribution < 1.29 is 23.9 Å². The van der Waals surface area contributed by atoms with Gasteiger partial charge in [-0.1, -0.05) is 13.8 Å². The van der Waals surface area contributed by atoms with Crippen LogP contribution in [0.3, 0.4) is 0 Å². The molecule has 1 aromatic rings. The van der Waals surface area contributed by atoms with Gasteiger partial charge < -0.3 is 26.0 Å². The Hall–Kier alpha value is -1.97. The van der Waals surface area contributed by atoms with Crippen molar-refractivity contribution in [3.8, 4) is 0 Å².